The topological polar surface area (TPSA) is 430 Å². The molecule has 2 rings (SSSR count). The molecular weight excluding hydrogens is 1110 g/mol. The highest BCUT2D eigenvalue weighted by molar-refractivity contribution is 6.04. The first-order valence-electron chi connectivity index (χ1n) is 28.5. The first-order valence-corrected chi connectivity index (χ1v) is 28.5. The molecule has 1 fully saturated rings. The Labute approximate surface area is 496 Å². The van der Waals surface area contributed by atoms with Crippen LogP contribution in [0.4, 0.5) is 0 Å². The molecule has 0 aromatic heterocycles. The third-order valence-corrected chi connectivity index (χ3v) is 14.1. The Bertz CT molecular complexity index is 2560. The molecule has 85 heavy (non-hydrogen) atoms. The van der Waals surface area contributed by atoms with Gasteiger partial charge in [0.05, 0.1) is 38.3 Å². The van der Waals surface area contributed by atoms with Crippen molar-refractivity contribution in [3.8, 4) is 5.75 Å². The predicted molar refractivity (Wildman–Crippen MR) is 310 cm³/mol. The molecule has 474 valence electrons. The molecule has 1 saturated heterocycles. The number of carbonyl (C=O) groups excluding carboxylic acids is 12. The Kier molecular flexibility index (Phi) is 31.5. The van der Waals surface area contributed by atoms with Crippen molar-refractivity contribution in [2.24, 2.45) is 17.4 Å². The van der Waals surface area contributed by atoms with Gasteiger partial charge in [-0.25, -0.2) is 0 Å². The van der Waals surface area contributed by atoms with Crippen LogP contribution in [-0.2, 0) is 64.0 Å². The van der Waals surface area contributed by atoms with E-state index < -0.39 is 175 Å². The van der Waals surface area contributed by atoms with Gasteiger partial charge < -0.3 is 83.9 Å². The zero-order valence-electron chi connectivity index (χ0n) is 50.4. The molecular formula is C57H90N12O16. The van der Waals surface area contributed by atoms with Crippen molar-refractivity contribution in [1.29, 1.82) is 0 Å². The maximum atomic E-state index is 14.4. The molecule has 1 aromatic rings. The number of aliphatic hydroxyl groups excluding tert-OH is 3. The lowest BCUT2D eigenvalue weighted by molar-refractivity contribution is -0.145. The summed E-state index contributed by atoms with van der Waals surface area (Å²) in [4.78, 5) is 166. The average Bonchev–Trinajstić information content (AvgIpc) is 3.55. The van der Waals surface area contributed by atoms with E-state index in [2.05, 4.69) is 42.5 Å². The van der Waals surface area contributed by atoms with Crippen LogP contribution in [0.3, 0.4) is 0 Å². The number of carbonyl (C=O) groups is 12. The standard InChI is InChI=1S/C57H90N12O16/c1-11-14-15-16-17-20-35(71)28-41-48(75)55(82)62-38(13-3)51(78)66-46(31(4)5)54(81)63-39(21-18-19-34-22-24-36(85-10)25-23-34)52(79)67-47(33(7)70)57(84)69(9)42(29-44(59)73)53(80)61-37(12-2)50(77)64-40(26-27-43(58)72)56(83)68(8)30-45(74)60-32(6)49(76)65-41/h12-13,22-25,31-33,35,39-42,46-48,70-71,75H,11,14-21,26-30H2,1-10H3,(H2,58,72)(H2,59,73)(H,60,74)(H,61,80)(H,62,82)(H,63,81)(H,64,77)(H,65,76)(H,66,78)(H,67,79)/b37-12-,38-13+/t32-,33+,35-,39-,40?,41?,42-,46?,47-,48+/m0/s1. The monoisotopic (exact) mass is 1200 g/mol. The van der Waals surface area contributed by atoms with E-state index in [0.29, 0.717) is 23.5 Å². The van der Waals surface area contributed by atoms with E-state index in [1.54, 1.807) is 38.1 Å². The van der Waals surface area contributed by atoms with Crippen molar-refractivity contribution in [3.05, 3.63) is 53.4 Å². The van der Waals surface area contributed by atoms with Gasteiger partial charge in [0, 0.05) is 20.5 Å². The van der Waals surface area contributed by atoms with Crippen molar-refractivity contribution in [3.63, 3.8) is 0 Å². The number of benzene rings is 1. The van der Waals surface area contributed by atoms with Crippen LogP contribution in [0.25, 0.3) is 0 Å². The zero-order valence-corrected chi connectivity index (χ0v) is 50.4. The van der Waals surface area contributed by atoms with Crippen LogP contribution < -0.4 is 58.7 Å². The second-order valence-electron chi connectivity index (χ2n) is 21.4. The number of nitrogens with one attached hydrogen (secondary N) is 8. The van der Waals surface area contributed by atoms with Crippen LogP contribution in [0.5, 0.6) is 5.75 Å². The molecule has 12 amide bonds. The van der Waals surface area contributed by atoms with Crippen molar-refractivity contribution in [2.75, 3.05) is 27.7 Å². The molecule has 0 spiro atoms. The van der Waals surface area contributed by atoms with Crippen molar-refractivity contribution < 1.29 is 77.6 Å². The summed E-state index contributed by atoms with van der Waals surface area (Å²) < 4.78 is 5.25. The van der Waals surface area contributed by atoms with E-state index in [1.807, 2.05) is 6.92 Å². The minimum atomic E-state index is -2.14. The van der Waals surface area contributed by atoms with Gasteiger partial charge in [0.2, 0.25) is 53.2 Å². The van der Waals surface area contributed by atoms with Crippen LogP contribution in [0.2, 0.25) is 0 Å². The molecule has 1 heterocycles. The third-order valence-electron chi connectivity index (χ3n) is 14.1. The average molecular weight is 1200 g/mol. The van der Waals surface area contributed by atoms with Gasteiger partial charge in [-0.15, -0.1) is 0 Å². The van der Waals surface area contributed by atoms with Gasteiger partial charge in [-0.3, -0.25) is 57.5 Å². The summed E-state index contributed by atoms with van der Waals surface area (Å²) in [6.45, 7) is 9.51. The summed E-state index contributed by atoms with van der Waals surface area (Å²) in [5.74, 6) is -12.6. The Morgan fingerprint density at radius 3 is 1.85 bits per heavy atom. The molecule has 0 aliphatic carbocycles. The molecule has 0 radical (unpaired) electrons. The smallest absolute Gasteiger partial charge is 0.268 e. The lowest BCUT2D eigenvalue weighted by Crippen LogP contribution is -2.61. The summed E-state index contributed by atoms with van der Waals surface area (Å²) in [6.07, 6.45) is 0.0297. The number of unbranched alkanes of at least 4 members (excludes halogenated alkanes) is 4. The molecule has 28 heteroatoms. The van der Waals surface area contributed by atoms with Crippen LogP contribution in [-0.4, -0.2) is 184 Å². The zero-order chi connectivity index (χ0) is 64.2. The largest absolute Gasteiger partial charge is 0.497 e. The first kappa shape index (κ1) is 73.1. The predicted octanol–water partition coefficient (Wildman–Crippen LogP) is -2.06. The number of nitrogens with zero attached hydrogens (tertiary/aromatic N) is 2. The lowest BCUT2D eigenvalue weighted by atomic mass is 9.98. The molecule has 10 atom stereocenters. The number of aliphatic hydroxyl groups is 3. The third kappa shape index (κ3) is 24.6. The Morgan fingerprint density at radius 1 is 0.694 bits per heavy atom. The SMILES string of the molecule is C/C=C1\NC(=O)[C@H](CC(N)=O)N(C)C(=O)[C@H]([C@@H](C)O)NC(=O)[C@H](CCCc2ccc(OC)cc2)NC(=O)C(C(C)C)NC(=O)/C(=C\C)NC(=O)[C@H](O)C(C[C@@H](O)CCCCCCC)NC(=O)[C@H](C)NC(=O)CN(C)C(=O)C(CCC(N)=O)NC1=O. The molecule has 15 N–H and O–H groups in total. The second kappa shape index (κ2) is 36.7. The summed E-state index contributed by atoms with van der Waals surface area (Å²) in [7, 11) is 3.72. The second-order valence-corrected chi connectivity index (χ2v) is 21.4. The number of likely N-dealkylation sites (N-methyl/N-ethyl adjacent to an activating group) is 2. The number of hydrogen-bond donors (Lipinski definition) is 13. The molecule has 28 nitrogen and oxygen atoms in total. The Hall–Kier alpha value is -7.98. The Morgan fingerprint density at radius 2 is 1.29 bits per heavy atom. The van der Waals surface area contributed by atoms with E-state index in [-0.39, 0.29) is 25.7 Å². The number of methoxy groups -OCH3 is 1. The highest BCUT2D eigenvalue weighted by Gasteiger charge is 2.39. The number of hydrogen-bond acceptors (Lipinski definition) is 16. The van der Waals surface area contributed by atoms with Gasteiger partial charge in [0.25, 0.3) is 17.7 Å². The first-order chi connectivity index (χ1) is 40.0. The van der Waals surface area contributed by atoms with Gasteiger partial charge in [-0.05, 0) is 89.8 Å². The fraction of sp³-hybridized carbons (Fsp3) is 0.614. The van der Waals surface area contributed by atoms with Crippen LogP contribution in [0.1, 0.15) is 131 Å². The Balaban J connectivity index is 2.80. The van der Waals surface area contributed by atoms with E-state index in [4.69, 9.17) is 16.2 Å². The van der Waals surface area contributed by atoms with Crippen molar-refractivity contribution in [2.45, 2.75) is 193 Å². The molecule has 1 aliphatic heterocycles. The van der Waals surface area contributed by atoms with E-state index >= 15 is 0 Å². The number of allylic oxidation sites excluding steroid dienone is 2. The van der Waals surface area contributed by atoms with Gasteiger partial charge >= 0.3 is 0 Å². The van der Waals surface area contributed by atoms with Gasteiger partial charge in [0.1, 0.15) is 53.4 Å². The number of aryl methyl sites for hydroxylation is 1. The number of ether oxygens (including phenoxy) is 1. The molecule has 0 bridgehead atoms. The van der Waals surface area contributed by atoms with E-state index in [1.165, 1.54) is 41.0 Å². The minimum Gasteiger partial charge on any atom is -0.497 e. The molecule has 1 aliphatic rings. The molecule has 3 unspecified atom stereocenters. The molecule has 0 saturated carbocycles. The fourth-order valence-corrected chi connectivity index (χ4v) is 8.98. The van der Waals surface area contributed by atoms with E-state index in [0.717, 1.165) is 56.2 Å². The summed E-state index contributed by atoms with van der Waals surface area (Å²) in [6, 6.07) is -4.14. The molecule has 1 aromatic carbocycles. The minimum absolute atomic E-state index is 0.102. The normalized spacial score (nSPS) is 24.6. The quantitative estimate of drug-likeness (QED) is 0.0493. The van der Waals surface area contributed by atoms with Gasteiger partial charge in [0.15, 0.2) is 6.10 Å². The number of nitrogens with two attached hydrogens (primary N) is 2. The lowest BCUT2D eigenvalue weighted by Gasteiger charge is -2.32. The number of amides is 12. The van der Waals surface area contributed by atoms with E-state index in [9.17, 15) is 72.9 Å². The highest BCUT2D eigenvalue weighted by atomic mass is 16.5. The van der Waals surface area contributed by atoms with Crippen LogP contribution >= 0.6 is 0 Å². The van der Waals surface area contributed by atoms with Crippen LogP contribution in [0, 0.1) is 5.92 Å². The van der Waals surface area contributed by atoms with Crippen molar-refractivity contribution in [1.82, 2.24) is 52.3 Å². The van der Waals surface area contributed by atoms with Gasteiger partial charge in [-0.1, -0.05) is 77.2 Å². The van der Waals surface area contributed by atoms with Crippen molar-refractivity contribution >= 4 is 70.9 Å². The maximum Gasteiger partial charge on any atom is 0.268 e. The highest BCUT2D eigenvalue weighted by Crippen LogP contribution is 2.18. The summed E-state index contributed by atoms with van der Waals surface area (Å²) >= 11 is 0. The number of primary amides is 2. The number of rotatable bonds is 20. The summed E-state index contributed by atoms with van der Waals surface area (Å²) in [5.41, 5.74) is 10.7. The maximum absolute atomic E-state index is 14.4. The van der Waals surface area contributed by atoms with Crippen LogP contribution in [0.15, 0.2) is 47.8 Å². The fourth-order valence-electron chi connectivity index (χ4n) is 8.98. The summed E-state index contributed by atoms with van der Waals surface area (Å²) in [5, 5.41) is 53.3. The van der Waals surface area contributed by atoms with Gasteiger partial charge in [-0.2, -0.15) is 0 Å².